The number of fused-ring (bicyclic) bond motifs is 1. The molecule has 3 heteroatoms. The summed E-state index contributed by atoms with van der Waals surface area (Å²) in [5.74, 6) is 0.831. The van der Waals surface area contributed by atoms with Gasteiger partial charge in [0.2, 0.25) is 5.91 Å². The first-order chi connectivity index (χ1) is 10.2. The third-order valence-electron chi connectivity index (χ3n) is 5.03. The predicted octanol–water partition coefficient (Wildman–Crippen LogP) is 2.74. The summed E-state index contributed by atoms with van der Waals surface area (Å²) in [6, 6.07) is 8.97. The summed E-state index contributed by atoms with van der Waals surface area (Å²) >= 11 is 0. The van der Waals surface area contributed by atoms with Crippen molar-refractivity contribution in [2.45, 2.75) is 51.6 Å². The van der Waals surface area contributed by atoms with E-state index in [0.717, 1.165) is 25.9 Å². The van der Waals surface area contributed by atoms with Crippen molar-refractivity contribution in [3.05, 3.63) is 35.4 Å². The highest BCUT2D eigenvalue weighted by molar-refractivity contribution is 5.78. The number of hydrogen-bond donors (Lipinski definition) is 1. The maximum Gasteiger partial charge on any atom is 0.234 e. The van der Waals surface area contributed by atoms with Crippen LogP contribution in [0.25, 0.3) is 0 Å². The van der Waals surface area contributed by atoms with E-state index in [1.807, 2.05) is 0 Å². The van der Waals surface area contributed by atoms with Crippen molar-refractivity contribution in [1.29, 1.82) is 0 Å². The van der Waals surface area contributed by atoms with Crippen LogP contribution in [-0.2, 0) is 17.8 Å². The first-order valence-electron chi connectivity index (χ1n) is 8.31. The van der Waals surface area contributed by atoms with Crippen molar-refractivity contribution in [2.24, 2.45) is 5.92 Å². The number of nitrogens with zero attached hydrogens (tertiary/aromatic N) is 1. The molecule has 0 unspecified atom stereocenters. The summed E-state index contributed by atoms with van der Waals surface area (Å²) < 4.78 is 0. The quantitative estimate of drug-likeness (QED) is 0.926. The molecule has 0 radical (unpaired) electrons. The summed E-state index contributed by atoms with van der Waals surface area (Å²) in [5, 5.41) is 3.26. The van der Waals surface area contributed by atoms with Gasteiger partial charge in [0, 0.05) is 19.1 Å². The van der Waals surface area contributed by atoms with E-state index in [-0.39, 0.29) is 5.91 Å². The highest BCUT2D eigenvalue weighted by Gasteiger charge is 2.24. The molecule has 1 aromatic carbocycles. The highest BCUT2D eigenvalue weighted by Crippen LogP contribution is 2.24. The molecule has 2 aliphatic rings. The topological polar surface area (TPSA) is 32.3 Å². The van der Waals surface area contributed by atoms with Crippen LogP contribution in [0.2, 0.25) is 0 Å². The molecule has 0 saturated heterocycles. The van der Waals surface area contributed by atoms with Crippen LogP contribution in [-0.4, -0.2) is 29.9 Å². The number of rotatable bonds is 3. The highest BCUT2D eigenvalue weighted by atomic mass is 16.2. The van der Waals surface area contributed by atoms with E-state index in [1.54, 1.807) is 0 Å². The van der Waals surface area contributed by atoms with Crippen LogP contribution in [0.3, 0.4) is 0 Å². The second-order valence-electron chi connectivity index (χ2n) is 6.67. The summed E-state index contributed by atoms with van der Waals surface area (Å²) in [5.41, 5.74) is 2.82. The fraction of sp³-hybridized carbons (Fsp3) is 0.611. The molecule has 1 fully saturated rings. The van der Waals surface area contributed by atoms with Crippen molar-refractivity contribution in [3.8, 4) is 0 Å². The van der Waals surface area contributed by atoms with Gasteiger partial charge < -0.3 is 5.32 Å². The van der Waals surface area contributed by atoms with Crippen molar-refractivity contribution < 1.29 is 4.79 Å². The zero-order valence-corrected chi connectivity index (χ0v) is 13.0. The van der Waals surface area contributed by atoms with Crippen molar-refractivity contribution >= 4 is 5.91 Å². The van der Waals surface area contributed by atoms with Crippen molar-refractivity contribution in [1.82, 2.24) is 10.2 Å². The van der Waals surface area contributed by atoms with Crippen molar-refractivity contribution in [3.63, 3.8) is 0 Å². The molecule has 0 spiro atoms. The van der Waals surface area contributed by atoms with Gasteiger partial charge in [-0.25, -0.2) is 0 Å². The van der Waals surface area contributed by atoms with Gasteiger partial charge in [0.15, 0.2) is 0 Å². The van der Waals surface area contributed by atoms with Crippen LogP contribution < -0.4 is 5.32 Å². The minimum Gasteiger partial charge on any atom is -0.352 e. The number of nitrogens with one attached hydrogen (secondary N) is 1. The van der Waals surface area contributed by atoms with Crippen LogP contribution in [0.15, 0.2) is 24.3 Å². The zero-order chi connectivity index (χ0) is 14.7. The third-order valence-corrected chi connectivity index (χ3v) is 5.03. The van der Waals surface area contributed by atoms with Gasteiger partial charge in [-0.3, -0.25) is 9.69 Å². The van der Waals surface area contributed by atoms with E-state index in [0.29, 0.717) is 18.5 Å². The van der Waals surface area contributed by atoms with Crippen LogP contribution in [0.5, 0.6) is 0 Å². The molecule has 1 saturated carbocycles. The van der Waals surface area contributed by atoms with Gasteiger partial charge >= 0.3 is 0 Å². The standard InChI is InChI=1S/C18H26N2O/c1-14-6-2-5-9-17(14)19-18(21)13-20-11-10-15-7-3-4-8-16(15)12-20/h3-4,7-8,14,17H,2,5-6,9-13H2,1H3,(H,19,21)/t14-,17-/m0/s1. The average Bonchev–Trinajstić information content (AvgIpc) is 2.49. The number of benzene rings is 1. The van der Waals surface area contributed by atoms with Crippen LogP contribution in [0, 0.1) is 5.92 Å². The molecule has 3 nitrogen and oxygen atoms in total. The van der Waals surface area contributed by atoms with E-state index in [9.17, 15) is 4.79 Å². The van der Waals surface area contributed by atoms with Gasteiger partial charge in [-0.2, -0.15) is 0 Å². The Morgan fingerprint density at radius 2 is 2.00 bits per heavy atom. The van der Waals surface area contributed by atoms with E-state index in [1.165, 1.54) is 30.4 Å². The molecule has 1 aromatic rings. The maximum atomic E-state index is 12.3. The molecule has 0 bridgehead atoms. The van der Waals surface area contributed by atoms with Crippen LogP contribution >= 0.6 is 0 Å². The Labute approximate surface area is 127 Å². The molecule has 3 rings (SSSR count). The summed E-state index contributed by atoms with van der Waals surface area (Å²) in [6.45, 7) is 4.70. The molecular weight excluding hydrogens is 260 g/mol. The van der Waals surface area contributed by atoms with Gasteiger partial charge in [-0.05, 0) is 36.3 Å². The van der Waals surface area contributed by atoms with Gasteiger partial charge in [0.25, 0.3) is 0 Å². The predicted molar refractivity (Wildman–Crippen MR) is 85.0 cm³/mol. The van der Waals surface area contributed by atoms with Gasteiger partial charge in [-0.1, -0.05) is 44.0 Å². The Balaban J connectivity index is 1.52. The molecule has 2 atom stereocenters. The van der Waals surface area contributed by atoms with Gasteiger partial charge in [0.05, 0.1) is 6.54 Å². The monoisotopic (exact) mass is 286 g/mol. The SMILES string of the molecule is C[C@H]1CCCC[C@@H]1NC(=O)CN1CCc2ccccc2C1. The smallest absolute Gasteiger partial charge is 0.234 e. The van der Waals surface area contributed by atoms with Crippen molar-refractivity contribution in [2.75, 3.05) is 13.1 Å². The van der Waals surface area contributed by atoms with E-state index < -0.39 is 0 Å². The normalized spacial score (nSPS) is 26.1. The zero-order valence-electron chi connectivity index (χ0n) is 13.0. The lowest BCUT2D eigenvalue weighted by Gasteiger charge is -2.32. The van der Waals surface area contributed by atoms with E-state index in [2.05, 4.69) is 41.4 Å². The molecule has 114 valence electrons. The van der Waals surface area contributed by atoms with Crippen LogP contribution in [0.1, 0.15) is 43.7 Å². The summed E-state index contributed by atoms with van der Waals surface area (Å²) in [7, 11) is 0. The fourth-order valence-electron chi connectivity index (χ4n) is 3.68. The minimum atomic E-state index is 0.202. The first kappa shape index (κ1) is 14.6. The lowest BCUT2D eigenvalue weighted by atomic mass is 9.86. The third kappa shape index (κ3) is 3.65. The number of hydrogen-bond acceptors (Lipinski definition) is 2. The number of carbonyl (C=O) groups is 1. The molecule has 21 heavy (non-hydrogen) atoms. The Hall–Kier alpha value is -1.35. The lowest BCUT2D eigenvalue weighted by Crippen LogP contribution is -2.46. The average molecular weight is 286 g/mol. The first-order valence-corrected chi connectivity index (χ1v) is 8.31. The number of carbonyl (C=O) groups excluding carboxylic acids is 1. The molecule has 1 aliphatic carbocycles. The van der Waals surface area contributed by atoms with E-state index >= 15 is 0 Å². The molecule has 1 amide bonds. The largest absolute Gasteiger partial charge is 0.352 e. The Bertz CT molecular complexity index is 500. The Kier molecular flexibility index (Phi) is 4.59. The molecule has 1 N–H and O–H groups in total. The van der Waals surface area contributed by atoms with Gasteiger partial charge in [0.1, 0.15) is 0 Å². The molecular formula is C18H26N2O. The Morgan fingerprint density at radius 3 is 2.81 bits per heavy atom. The Morgan fingerprint density at radius 1 is 1.24 bits per heavy atom. The summed E-state index contributed by atoms with van der Waals surface area (Å²) in [6.07, 6.45) is 6.03. The molecule has 1 aliphatic heterocycles. The molecule has 1 heterocycles. The minimum absolute atomic E-state index is 0.202. The van der Waals surface area contributed by atoms with Crippen LogP contribution in [0.4, 0.5) is 0 Å². The summed E-state index contributed by atoms with van der Waals surface area (Å²) in [4.78, 5) is 14.6. The number of amides is 1. The van der Waals surface area contributed by atoms with E-state index in [4.69, 9.17) is 0 Å². The molecule has 0 aromatic heterocycles. The second-order valence-corrected chi connectivity index (χ2v) is 6.67. The van der Waals surface area contributed by atoms with Gasteiger partial charge in [-0.15, -0.1) is 0 Å². The second kappa shape index (κ2) is 6.61. The fourth-order valence-corrected chi connectivity index (χ4v) is 3.68. The lowest BCUT2D eigenvalue weighted by molar-refractivity contribution is -0.123. The maximum absolute atomic E-state index is 12.3.